The molecule has 0 aliphatic carbocycles. The zero-order valence-corrected chi connectivity index (χ0v) is 12.1. The van der Waals surface area contributed by atoms with Gasteiger partial charge in [-0.05, 0) is 12.1 Å². The quantitative estimate of drug-likeness (QED) is 0.348. The summed E-state index contributed by atoms with van der Waals surface area (Å²) in [6.45, 7) is 0. The van der Waals surface area contributed by atoms with Gasteiger partial charge >= 0.3 is 27.8 Å². The molecule has 0 radical (unpaired) electrons. The molecule has 0 N–H and O–H groups in total. The molecule has 0 aliphatic heterocycles. The van der Waals surface area contributed by atoms with E-state index in [1.165, 1.54) is 0 Å². The highest BCUT2D eigenvalue weighted by Crippen LogP contribution is 2.38. The zero-order valence-electron chi connectivity index (χ0n) is 11.3. The van der Waals surface area contributed by atoms with E-state index in [0.29, 0.717) is 0 Å². The van der Waals surface area contributed by atoms with Crippen LogP contribution in [0.15, 0.2) is 12.1 Å². The first kappa shape index (κ1) is 19.6. The fourth-order valence-corrected chi connectivity index (χ4v) is 1.88. The average Bonchev–Trinajstić information content (AvgIpc) is 2.43. The number of hydrogen-bond acceptors (Lipinski definition) is 6. The Labute approximate surface area is 130 Å². The van der Waals surface area contributed by atoms with Crippen LogP contribution < -0.4 is 4.18 Å². The number of hydrogen-bond donors (Lipinski definition) is 0. The van der Waals surface area contributed by atoms with E-state index < -0.39 is 50.2 Å². The molecule has 0 aliphatic rings. The maximum Gasteiger partial charge on any atom is 0.534 e. The lowest BCUT2D eigenvalue weighted by Crippen LogP contribution is -2.28. The lowest BCUT2D eigenvalue weighted by molar-refractivity contribution is -0.138. The highest BCUT2D eigenvalue weighted by molar-refractivity contribution is 7.88. The van der Waals surface area contributed by atoms with Crippen molar-refractivity contribution in [3.63, 3.8) is 0 Å². The second-order valence-corrected chi connectivity index (χ2v) is 5.52. The molecular formula is C11H5F6NO5S. The highest BCUT2D eigenvalue weighted by Gasteiger charge is 2.49. The average molecular weight is 377 g/mol. The van der Waals surface area contributed by atoms with Crippen molar-refractivity contribution in [2.24, 2.45) is 0 Å². The van der Waals surface area contributed by atoms with Crippen LogP contribution >= 0.6 is 0 Å². The summed E-state index contributed by atoms with van der Waals surface area (Å²) in [5.41, 5.74) is -10.0. The summed E-state index contributed by atoms with van der Waals surface area (Å²) in [5.74, 6) is -3.07. The van der Waals surface area contributed by atoms with Crippen LogP contribution in [0, 0.1) is 11.3 Å². The summed E-state index contributed by atoms with van der Waals surface area (Å²) in [6, 6.07) is 1.15. The molecule has 0 saturated heterocycles. The minimum absolute atomic E-state index is 0.200. The molecule has 0 amide bonds. The van der Waals surface area contributed by atoms with Crippen LogP contribution in [0.2, 0.25) is 0 Å². The molecule has 0 fully saturated rings. The number of alkyl halides is 6. The first-order chi connectivity index (χ1) is 10.7. The van der Waals surface area contributed by atoms with Crippen LogP contribution in [-0.2, 0) is 21.0 Å². The molecule has 13 heteroatoms. The van der Waals surface area contributed by atoms with E-state index >= 15 is 0 Å². The molecule has 0 saturated carbocycles. The van der Waals surface area contributed by atoms with Gasteiger partial charge in [-0.3, -0.25) is 0 Å². The number of nitriles is 1. The van der Waals surface area contributed by atoms with Gasteiger partial charge in [-0.15, -0.1) is 0 Å². The smallest absolute Gasteiger partial charge is 0.465 e. The maximum atomic E-state index is 12.9. The van der Waals surface area contributed by atoms with Gasteiger partial charge in [0.05, 0.1) is 23.8 Å². The molecule has 0 atom stereocenters. The van der Waals surface area contributed by atoms with Gasteiger partial charge in [0, 0.05) is 0 Å². The van der Waals surface area contributed by atoms with Crippen molar-refractivity contribution in [3.8, 4) is 11.8 Å². The summed E-state index contributed by atoms with van der Waals surface area (Å²) < 4.78 is 105. The maximum absolute atomic E-state index is 12.9. The monoisotopic (exact) mass is 377 g/mol. The molecule has 132 valence electrons. The predicted molar refractivity (Wildman–Crippen MR) is 63.1 cm³/mol. The number of rotatable bonds is 3. The summed E-state index contributed by atoms with van der Waals surface area (Å²) in [7, 11) is -5.59. The third kappa shape index (κ3) is 3.88. The van der Waals surface area contributed by atoms with E-state index in [1.54, 1.807) is 0 Å². The number of halogens is 6. The number of nitrogens with zero attached hydrogens (tertiary/aromatic N) is 1. The molecule has 0 aromatic heterocycles. The largest absolute Gasteiger partial charge is 0.534 e. The summed E-state index contributed by atoms with van der Waals surface area (Å²) >= 11 is 0. The third-order valence-corrected chi connectivity index (χ3v) is 3.40. The molecule has 1 aromatic carbocycles. The summed E-state index contributed by atoms with van der Waals surface area (Å²) in [4.78, 5) is 11.3. The van der Waals surface area contributed by atoms with Crippen LogP contribution in [0.4, 0.5) is 26.3 Å². The first-order valence-corrected chi connectivity index (χ1v) is 6.90. The van der Waals surface area contributed by atoms with Gasteiger partial charge in [-0.1, -0.05) is 0 Å². The van der Waals surface area contributed by atoms with Crippen LogP contribution in [0.5, 0.6) is 5.75 Å². The topological polar surface area (TPSA) is 93.5 Å². The number of ether oxygens (including phenoxy) is 1. The van der Waals surface area contributed by atoms with Gasteiger partial charge in [0.25, 0.3) is 0 Å². The number of methoxy groups -OCH3 is 1. The lowest BCUT2D eigenvalue weighted by atomic mass is 10.0. The minimum Gasteiger partial charge on any atom is -0.465 e. The molecule has 1 aromatic rings. The minimum atomic E-state index is -6.32. The Morgan fingerprint density at radius 1 is 1.17 bits per heavy atom. The molecule has 0 spiro atoms. The van der Waals surface area contributed by atoms with E-state index in [1.807, 2.05) is 0 Å². The Balaban J connectivity index is 3.65. The fraction of sp³-hybridized carbons (Fsp3) is 0.273. The second kappa shape index (κ2) is 6.19. The molecule has 6 nitrogen and oxygen atoms in total. The normalized spacial score (nSPS) is 12.4. The molecule has 0 bridgehead atoms. The van der Waals surface area contributed by atoms with Crippen LogP contribution in [0.3, 0.4) is 0 Å². The van der Waals surface area contributed by atoms with Crippen LogP contribution in [-0.4, -0.2) is 27.0 Å². The van der Waals surface area contributed by atoms with Crippen molar-refractivity contribution in [1.29, 1.82) is 5.26 Å². The van der Waals surface area contributed by atoms with Gasteiger partial charge in [-0.25, -0.2) is 4.79 Å². The van der Waals surface area contributed by atoms with Crippen molar-refractivity contribution in [3.05, 3.63) is 28.8 Å². The molecule has 0 unspecified atom stereocenters. The Kier molecular flexibility index (Phi) is 5.04. The molecular weight excluding hydrogens is 372 g/mol. The molecule has 0 heterocycles. The van der Waals surface area contributed by atoms with Crippen LogP contribution in [0.25, 0.3) is 0 Å². The number of carbonyl (C=O) groups is 1. The Morgan fingerprint density at radius 2 is 1.71 bits per heavy atom. The van der Waals surface area contributed by atoms with Gasteiger partial charge in [0.1, 0.15) is 6.07 Å². The Hall–Kier alpha value is -2.49. The van der Waals surface area contributed by atoms with E-state index in [9.17, 15) is 39.6 Å². The Bertz CT molecular complexity index is 806. The van der Waals surface area contributed by atoms with Gasteiger partial charge in [0.15, 0.2) is 5.75 Å². The fourth-order valence-electron chi connectivity index (χ4n) is 1.41. The van der Waals surface area contributed by atoms with Crippen molar-refractivity contribution < 1.29 is 48.5 Å². The standard InChI is InChI=1S/C11H5F6NO5S/c1-22-9(19)6-2-5(4-18)8(3-7(6)10(12,13)14)23-24(20,21)11(15,16)17/h2-3H,1H3. The summed E-state index contributed by atoms with van der Waals surface area (Å²) in [5, 5.41) is 8.75. The number of esters is 1. The van der Waals surface area contributed by atoms with Crippen molar-refractivity contribution in [2.45, 2.75) is 11.7 Å². The van der Waals surface area contributed by atoms with Gasteiger partial charge < -0.3 is 8.92 Å². The predicted octanol–water partition coefficient (Wildman–Crippen LogP) is 2.59. The van der Waals surface area contributed by atoms with E-state index in [4.69, 9.17) is 5.26 Å². The lowest BCUT2D eigenvalue weighted by Gasteiger charge is -2.15. The number of benzene rings is 1. The van der Waals surface area contributed by atoms with Crippen molar-refractivity contribution in [2.75, 3.05) is 7.11 Å². The van der Waals surface area contributed by atoms with Gasteiger partial charge in [-0.2, -0.15) is 40.0 Å². The van der Waals surface area contributed by atoms with Gasteiger partial charge in [0.2, 0.25) is 0 Å². The second-order valence-electron chi connectivity index (χ2n) is 3.98. The SMILES string of the molecule is COC(=O)c1cc(C#N)c(OS(=O)(=O)C(F)(F)F)cc1C(F)(F)F. The van der Waals surface area contributed by atoms with Crippen molar-refractivity contribution >= 4 is 16.1 Å². The number of carbonyl (C=O) groups excluding carboxylic acids is 1. The van der Waals surface area contributed by atoms with E-state index in [2.05, 4.69) is 8.92 Å². The van der Waals surface area contributed by atoms with E-state index in [-0.39, 0.29) is 12.1 Å². The highest BCUT2D eigenvalue weighted by atomic mass is 32.2. The first-order valence-electron chi connectivity index (χ1n) is 5.49. The summed E-state index contributed by atoms with van der Waals surface area (Å²) in [6.07, 6.45) is -5.27. The zero-order chi connectivity index (χ0) is 18.9. The molecule has 1 rings (SSSR count). The van der Waals surface area contributed by atoms with E-state index in [0.717, 1.165) is 13.2 Å². The van der Waals surface area contributed by atoms with Crippen LogP contribution in [0.1, 0.15) is 21.5 Å². The Morgan fingerprint density at radius 3 is 2.08 bits per heavy atom. The molecule has 24 heavy (non-hydrogen) atoms. The van der Waals surface area contributed by atoms with Crippen molar-refractivity contribution in [1.82, 2.24) is 0 Å². The third-order valence-electron chi connectivity index (χ3n) is 2.43.